The minimum atomic E-state index is -0.0129. The Morgan fingerprint density at radius 3 is 2.56 bits per heavy atom. The maximum Gasteiger partial charge on any atom is 0.274 e. The fraction of sp³-hybridized carbons (Fsp3) is 0.286. The van der Waals surface area contributed by atoms with Crippen LogP contribution in [0.25, 0.3) is 11.0 Å². The van der Waals surface area contributed by atoms with Crippen molar-refractivity contribution in [1.82, 2.24) is 14.9 Å². The third-order valence-electron chi connectivity index (χ3n) is 4.90. The van der Waals surface area contributed by atoms with Crippen molar-refractivity contribution in [2.45, 2.75) is 25.2 Å². The monoisotopic (exact) mass is 331 g/mol. The summed E-state index contributed by atoms with van der Waals surface area (Å²) in [6.07, 6.45) is 4.91. The summed E-state index contributed by atoms with van der Waals surface area (Å²) < 4.78 is 0. The molecule has 25 heavy (non-hydrogen) atoms. The molecule has 1 aliphatic heterocycles. The van der Waals surface area contributed by atoms with Gasteiger partial charge in [0.15, 0.2) is 0 Å². The Balaban J connectivity index is 1.59. The molecular formula is C21H21N3O. The van der Waals surface area contributed by atoms with E-state index in [1.54, 1.807) is 6.20 Å². The van der Waals surface area contributed by atoms with Crippen molar-refractivity contribution in [2.75, 3.05) is 13.1 Å². The van der Waals surface area contributed by atoms with Gasteiger partial charge in [0.25, 0.3) is 5.91 Å². The molecule has 1 atom stereocenters. The molecule has 0 aliphatic carbocycles. The first-order chi connectivity index (χ1) is 12.3. The molecule has 0 radical (unpaired) electrons. The van der Waals surface area contributed by atoms with Gasteiger partial charge < -0.3 is 4.90 Å². The van der Waals surface area contributed by atoms with Gasteiger partial charge in [0, 0.05) is 19.0 Å². The lowest BCUT2D eigenvalue weighted by molar-refractivity contribution is 0.0748. The van der Waals surface area contributed by atoms with E-state index in [-0.39, 0.29) is 5.91 Å². The average Bonchev–Trinajstić information content (AvgIpc) is 2.94. The topological polar surface area (TPSA) is 46.1 Å². The van der Waals surface area contributed by atoms with Crippen molar-refractivity contribution >= 4 is 16.9 Å². The van der Waals surface area contributed by atoms with E-state index in [0.29, 0.717) is 11.6 Å². The van der Waals surface area contributed by atoms with Gasteiger partial charge >= 0.3 is 0 Å². The number of para-hydroxylation sites is 2. The minimum Gasteiger partial charge on any atom is -0.337 e. The first-order valence-electron chi connectivity index (χ1n) is 8.87. The van der Waals surface area contributed by atoms with Crippen molar-refractivity contribution in [3.8, 4) is 0 Å². The van der Waals surface area contributed by atoms with E-state index in [0.717, 1.165) is 43.4 Å². The molecule has 1 unspecified atom stereocenters. The third kappa shape index (κ3) is 3.38. The molecule has 0 spiro atoms. The Morgan fingerprint density at radius 1 is 0.960 bits per heavy atom. The maximum atomic E-state index is 13.0. The van der Waals surface area contributed by atoms with Crippen LogP contribution in [0, 0.1) is 0 Å². The zero-order valence-electron chi connectivity index (χ0n) is 14.1. The summed E-state index contributed by atoms with van der Waals surface area (Å²) in [7, 11) is 0. The Bertz CT molecular complexity index is 878. The van der Waals surface area contributed by atoms with Gasteiger partial charge in [0.05, 0.1) is 17.2 Å². The molecule has 4 rings (SSSR count). The van der Waals surface area contributed by atoms with E-state index in [4.69, 9.17) is 0 Å². The Morgan fingerprint density at radius 2 is 1.72 bits per heavy atom. The zero-order valence-corrected chi connectivity index (χ0v) is 14.1. The van der Waals surface area contributed by atoms with Gasteiger partial charge in [-0.1, -0.05) is 48.9 Å². The summed E-state index contributed by atoms with van der Waals surface area (Å²) in [5.74, 6) is 0.377. The Hall–Kier alpha value is -2.75. The van der Waals surface area contributed by atoms with Gasteiger partial charge in [0.2, 0.25) is 0 Å². The van der Waals surface area contributed by atoms with Crippen LogP contribution in [0.2, 0.25) is 0 Å². The van der Waals surface area contributed by atoms with E-state index in [1.807, 2.05) is 35.2 Å². The third-order valence-corrected chi connectivity index (χ3v) is 4.90. The van der Waals surface area contributed by atoms with Crippen LogP contribution in [0.1, 0.15) is 41.2 Å². The van der Waals surface area contributed by atoms with Crippen molar-refractivity contribution < 1.29 is 4.79 Å². The summed E-state index contributed by atoms with van der Waals surface area (Å²) in [5.41, 5.74) is 3.33. The lowest BCUT2D eigenvalue weighted by Crippen LogP contribution is -2.34. The zero-order chi connectivity index (χ0) is 17.1. The van der Waals surface area contributed by atoms with E-state index in [1.165, 1.54) is 5.56 Å². The number of fused-ring (bicyclic) bond motifs is 1. The number of benzene rings is 2. The van der Waals surface area contributed by atoms with Gasteiger partial charge in [-0.2, -0.15) is 0 Å². The van der Waals surface area contributed by atoms with Crippen LogP contribution in [0.5, 0.6) is 0 Å². The van der Waals surface area contributed by atoms with E-state index < -0.39 is 0 Å². The van der Waals surface area contributed by atoms with Gasteiger partial charge in [-0.25, -0.2) is 4.98 Å². The predicted molar refractivity (Wildman–Crippen MR) is 98.5 cm³/mol. The summed E-state index contributed by atoms with van der Waals surface area (Å²) in [4.78, 5) is 23.9. The molecule has 1 fully saturated rings. The number of carbonyl (C=O) groups is 1. The van der Waals surface area contributed by atoms with Crippen LogP contribution in [0.15, 0.2) is 60.8 Å². The fourth-order valence-corrected chi connectivity index (χ4v) is 3.55. The quantitative estimate of drug-likeness (QED) is 0.712. The number of hydrogen-bond donors (Lipinski definition) is 0. The Labute approximate surface area is 147 Å². The molecule has 2 aromatic carbocycles. The van der Waals surface area contributed by atoms with Crippen LogP contribution < -0.4 is 0 Å². The maximum absolute atomic E-state index is 13.0. The first-order valence-corrected chi connectivity index (χ1v) is 8.87. The standard InChI is InChI=1S/C21H21N3O/c25-21(20-14-22-18-11-4-5-12-19(18)23-20)24-13-7-6-10-17(15-24)16-8-2-1-3-9-16/h1-5,8-9,11-12,14,17H,6-7,10,13,15H2. The lowest BCUT2D eigenvalue weighted by Gasteiger charge is -2.24. The second-order valence-corrected chi connectivity index (χ2v) is 6.60. The molecule has 3 aromatic rings. The molecule has 0 bridgehead atoms. The van der Waals surface area contributed by atoms with Crippen molar-refractivity contribution in [1.29, 1.82) is 0 Å². The van der Waals surface area contributed by atoms with Crippen molar-refractivity contribution in [3.05, 3.63) is 72.1 Å². The molecule has 4 heteroatoms. The molecule has 2 heterocycles. The summed E-state index contributed by atoms with van der Waals surface area (Å²) in [6.45, 7) is 1.54. The number of amides is 1. The highest BCUT2D eigenvalue weighted by Crippen LogP contribution is 2.27. The molecule has 1 saturated heterocycles. The van der Waals surface area contributed by atoms with E-state index >= 15 is 0 Å². The fourth-order valence-electron chi connectivity index (χ4n) is 3.55. The highest BCUT2D eigenvalue weighted by molar-refractivity contribution is 5.93. The number of hydrogen-bond acceptors (Lipinski definition) is 3. The number of aromatic nitrogens is 2. The van der Waals surface area contributed by atoms with E-state index in [9.17, 15) is 4.79 Å². The molecule has 0 saturated carbocycles. The molecule has 4 nitrogen and oxygen atoms in total. The van der Waals surface area contributed by atoms with Crippen LogP contribution in [-0.4, -0.2) is 33.9 Å². The molecule has 0 N–H and O–H groups in total. The Kier molecular flexibility index (Phi) is 4.42. The molecule has 126 valence electrons. The van der Waals surface area contributed by atoms with Gasteiger partial charge in [0.1, 0.15) is 5.69 Å². The SMILES string of the molecule is O=C(c1cnc2ccccc2n1)N1CCCCC(c2ccccc2)C1. The van der Waals surface area contributed by atoms with Gasteiger partial charge in [-0.3, -0.25) is 9.78 Å². The molecule has 1 aliphatic rings. The summed E-state index contributed by atoms with van der Waals surface area (Å²) in [6, 6.07) is 18.2. The van der Waals surface area contributed by atoms with E-state index in [2.05, 4.69) is 34.2 Å². The summed E-state index contributed by atoms with van der Waals surface area (Å²) in [5, 5.41) is 0. The second-order valence-electron chi connectivity index (χ2n) is 6.60. The number of nitrogens with zero attached hydrogens (tertiary/aromatic N) is 3. The molecule has 1 amide bonds. The lowest BCUT2D eigenvalue weighted by atomic mass is 9.94. The number of likely N-dealkylation sites (tertiary alicyclic amines) is 1. The van der Waals surface area contributed by atoms with Crippen LogP contribution >= 0.6 is 0 Å². The predicted octanol–water partition coefficient (Wildman–Crippen LogP) is 4.04. The first kappa shape index (κ1) is 15.8. The highest BCUT2D eigenvalue weighted by atomic mass is 16.2. The average molecular weight is 331 g/mol. The minimum absolute atomic E-state index is 0.0129. The normalized spacial score (nSPS) is 18.1. The second kappa shape index (κ2) is 7.01. The molecular weight excluding hydrogens is 310 g/mol. The van der Waals surface area contributed by atoms with Gasteiger partial charge in [-0.15, -0.1) is 0 Å². The van der Waals surface area contributed by atoms with Crippen LogP contribution in [0.4, 0.5) is 0 Å². The highest BCUT2D eigenvalue weighted by Gasteiger charge is 2.25. The van der Waals surface area contributed by atoms with Crippen molar-refractivity contribution in [3.63, 3.8) is 0 Å². The number of rotatable bonds is 2. The smallest absolute Gasteiger partial charge is 0.274 e. The van der Waals surface area contributed by atoms with Crippen LogP contribution in [0.3, 0.4) is 0 Å². The summed E-state index contributed by atoms with van der Waals surface area (Å²) >= 11 is 0. The van der Waals surface area contributed by atoms with Crippen molar-refractivity contribution in [2.24, 2.45) is 0 Å². The largest absolute Gasteiger partial charge is 0.337 e. The van der Waals surface area contributed by atoms with Crippen LogP contribution in [-0.2, 0) is 0 Å². The number of carbonyl (C=O) groups excluding carboxylic acids is 1. The van der Waals surface area contributed by atoms with Gasteiger partial charge in [-0.05, 0) is 30.5 Å². The molecule has 1 aromatic heterocycles.